The van der Waals surface area contributed by atoms with E-state index in [1.807, 2.05) is 47.2 Å². The molecule has 1 aromatic carbocycles. The zero-order valence-corrected chi connectivity index (χ0v) is 13.0. The fourth-order valence-electron chi connectivity index (χ4n) is 2.57. The summed E-state index contributed by atoms with van der Waals surface area (Å²) in [6.45, 7) is 3.70. The van der Waals surface area contributed by atoms with E-state index in [2.05, 4.69) is 0 Å². The number of likely N-dealkylation sites (tertiary alicyclic amines) is 1. The molecule has 116 valence electrons. The lowest BCUT2D eigenvalue weighted by atomic mass is 10.2. The largest absolute Gasteiger partial charge is 0.492 e. The molecule has 4 heteroatoms. The maximum atomic E-state index is 12.2. The topological polar surface area (TPSA) is 32.8 Å². The first kappa shape index (κ1) is 15.8. The molecule has 1 aliphatic heterocycles. The van der Waals surface area contributed by atoms with Crippen LogP contribution in [0.15, 0.2) is 30.3 Å². The van der Waals surface area contributed by atoms with Crippen molar-refractivity contribution in [3.05, 3.63) is 30.3 Å². The minimum absolute atomic E-state index is 0.249. The van der Waals surface area contributed by atoms with Crippen molar-refractivity contribution in [1.29, 1.82) is 0 Å². The highest BCUT2D eigenvalue weighted by molar-refractivity contribution is 5.78. The van der Waals surface area contributed by atoms with Crippen LogP contribution in [0.1, 0.15) is 25.7 Å². The van der Waals surface area contributed by atoms with Crippen LogP contribution in [0.5, 0.6) is 5.75 Å². The average molecular weight is 290 g/mol. The Kier molecular flexibility index (Phi) is 6.54. The standard InChI is InChI=1S/C17H26N2O2/c1-18(13-14-21-16-9-5-4-6-10-16)15-17(20)19-11-7-2-3-8-12-19/h4-6,9-10H,2-3,7-8,11-15H2,1H3. The quantitative estimate of drug-likeness (QED) is 0.806. The van der Waals surface area contributed by atoms with Gasteiger partial charge < -0.3 is 9.64 Å². The van der Waals surface area contributed by atoms with Crippen LogP contribution in [0.3, 0.4) is 0 Å². The Morgan fingerprint density at radius 3 is 2.48 bits per heavy atom. The summed E-state index contributed by atoms with van der Waals surface area (Å²) in [5, 5.41) is 0. The molecule has 0 aliphatic carbocycles. The molecule has 1 aliphatic rings. The number of amides is 1. The summed E-state index contributed by atoms with van der Waals surface area (Å²) in [5.74, 6) is 1.13. The van der Waals surface area contributed by atoms with Crippen molar-refractivity contribution in [1.82, 2.24) is 9.80 Å². The monoisotopic (exact) mass is 290 g/mol. The normalized spacial score (nSPS) is 15.8. The molecule has 0 radical (unpaired) electrons. The highest BCUT2D eigenvalue weighted by Gasteiger charge is 2.16. The van der Waals surface area contributed by atoms with Gasteiger partial charge in [0.05, 0.1) is 6.54 Å². The zero-order chi connectivity index (χ0) is 14.9. The fraction of sp³-hybridized carbons (Fsp3) is 0.588. The minimum atomic E-state index is 0.249. The second-order valence-corrected chi connectivity index (χ2v) is 5.69. The third kappa shape index (κ3) is 5.76. The third-order valence-corrected chi connectivity index (χ3v) is 3.85. The second kappa shape index (κ2) is 8.67. The molecule has 21 heavy (non-hydrogen) atoms. The Morgan fingerprint density at radius 2 is 1.81 bits per heavy atom. The first-order valence-corrected chi connectivity index (χ1v) is 7.90. The zero-order valence-electron chi connectivity index (χ0n) is 13.0. The number of carbonyl (C=O) groups excluding carboxylic acids is 1. The molecule has 0 aromatic heterocycles. The van der Waals surface area contributed by atoms with Crippen molar-refractivity contribution >= 4 is 5.91 Å². The fourth-order valence-corrected chi connectivity index (χ4v) is 2.57. The van der Waals surface area contributed by atoms with Gasteiger partial charge >= 0.3 is 0 Å². The maximum absolute atomic E-state index is 12.2. The summed E-state index contributed by atoms with van der Waals surface area (Å²) in [6.07, 6.45) is 4.80. The number of carbonyl (C=O) groups is 1. The van der Waals surface area contributed by atoms with Gasteiger partial charge in [-0.15, -0.1) is 0 Å². The number of hydrogen-bond donors (Lipinski definition) is 0. The molecule has 0 atom stereocenters. The highest BCUT2D eigenvalue weighted by Crippen LogP contribution is 2.10. The van der Waals surface area contributed by atoms with Gasteiger partial charge in [0, 0.05) is 19.6 Å². The molecule has 2 rings (SSSR count). The maximum Gasteiger partial charge on any atom is 0.236 e. The number of ether oxygens (including phenoxy) is 1. The summed E-state index contributed by atoms with van der Waals surface area (Å²) in [7, 11) is 1.98. The molecule has 0 bridgehead atoms. The molecule has 1 heterocycles. The van der Waals surface area contributed by atoms with Gasteiger partial charge in [-0.1, -0.05) is 31.0 Å². The molecule has 1 saturated heterocycles. The summed E-state index contributed by atoms with van der Waals surface area (Å²) >= 11 is 0. The summed E-state index contributed by atoms with van der Waals surface area (Å²) < 4.78 is 5.66. The van der Waals surface area contributed by atoms with Crippen LogP contribution in [-0.2, 0) is 4.79 Å². The van der Waals surface area contributed by atoms with Crippen LogP contribution in [0.25, 0.3) is 0 Å². The molecule has 0 unspecified atom stereocenters. The van der Waals surface area contributed by atoms with Gasteiger partial charge in [-0.05, 0) is 32.0 Å². The lowest BCUT2D eigenvalue weighted by molar-refractivity contribution is -0.132. The van der Waals surface area contributed by atoms with Gasteiger partial charge in [-0.3, -0.25) is 9.69 Å². The second-order valence-electron chi connectivity index (χ2n) is 5.69. The number of rotatable bonds is 6. The van der Waals surface area contributed by atoms with Crippen LogP contribution >= 0.6 is 0 Å². The third-order valence-electron chi connectivity index (χ3n) is 3.85. The van der Waals surface area contributed by atoms with Gasteiger partial charge in [-0.2, -0.15) is 0 Å². The highest BCUT2D eigenvalue weighted by atomic mass is 16.5. The van der Waals surface area contributed by atoms with Gasteiger partial charge in [0.2, 0.25) is 5.91 Å². The van der Waals surface area contributed by atoms with Crippen LogP contribution in [-0.4, -0.2) is 55.5 Å². The molecule has 1 fully saturated rings. The molecule has 0 saturated carbocycles. The predicted octanol–water partition coefficient (Wildman–Crippen LogP) is 2.40. The minimum Gasteiger partial charge on any atom is -0.492 e. The van der Waals surface area contributed by atoms with Crippen LogP contribution < -0.4 is 4.74 Å². The van der Waals surface area contributed by atoms with Crippen molar-refractivity contribution in [2.45, 2.75) is 25.7 Å². The van der Waals surface area contributed by atoms with E-state index in [0.29, 0.717) is 13.2 Å². The Hall–Kier alpha value is -1.55. The van der Waals surface area contributed by atoms with Crippen molar-refractivity contribution in [2.24, 2.45) is 0 Å². The first-order chi connectivity index (χ1) is 10.3. The van der Waals surface area contributed by atoms with E-state index in [4.69, 9.17) is 4.74 Å². The lowest BCUT2D eigenvalue weighted by Crippen LogP contribution is -2.40. The van der Waals surface area contributed by atoms with Crippen LogP contribution in [0.4, 0.5) is 0 Å². The first-order valence-electron chi connectivity index (χ1n) is 7.90. The van der Waals surface area contributed by atoms with E-state index in [9.17, 15) is 4.79 Å². The van der Waals surface area contributed by atoms with Crippen molar-refractivity contribution in [3.8, 4) is 5.75 Å². The van der Waals surface area contributed by atoms with Crippen molar-refractivity contribution < 1.29 is 9.53 Å². The predicted molar refractivity (Wildman–Crippen MR) is 84.5 cm³/mol. The molecule has 0 N–H and O–H groups in total. The van der Waals surface area contributed by atoms with E-state index >= 15 is 0 Å². The van der Waals surface area contributed by atoms with E-state index in [-0.39, 0.29) is 5.91 Å². The Labute approximate surface area is 127 Å². The summed E-state index contributed by atoms with van der Waals surface area (Å²) in [5.41, 5.74) is 0. The summed E-state index contributed by atoms with van der Waals surface area (Å²) in [4.78, 5) is 16.3. The number of hydrogen-bond acceptors (Lipinski definition) is 3. The molecular weight excluding hydrogens is 264 g/mol. The van der Waals surface area contributed by atoms with Gasteiger partial charge in [-0.25, -0.2) is 0 Å². The molecule has 1 amide bonds. The van der Waals surface area contributed by atoms with E-state index in [1.165, 1.54) is 12.8 Å². The van der Waals surface area contributed by atoms with E-state index in [1.54, 1.807) is 0 Å². The Morgan fingerprint density at radius 1 is 1.14 bits per heavy atom. The molecule has 0 spiro atoms. The number of likely N-dealkylation sites (N-methyl/N-ethyl adjacent to an activating group) is 1. The average Bonchev–Trinajstić information content (AvgIpc) is 2.77. The Balaban J connectivity index is 1.66. The van der Waals surface area contributed by atoms with Crippen molar-refractivity contribution in [2.75, 3.05) is 39.8 Å². The molecular formula is C17H26N2O2. The van der Waals surface area contributed by atoms with Gasteiger partial charge in [0.1, 0.15) is 12.4 Å². The van der Waals surface area contributed by atoms with Crippen LogP contribution in [0, 0.1) is 0 Å². The summed E-state index contributed by atoms with van der Waals surface area (Å²) in [6, 6.07) is 9.79. The smallest absolute Gasteiger partial charge is 0.236 e. The number of nitrogens with zero attached hydrogens (tertiary/aromatic N) is 2. The van der Waals surface area contributed by atoms with E-state index in [0.717, 1.165) is 38.2 Å². The number of para-hydroxylation sites is 1. The molecule has 4 nitrogen and oxygen atoms in total. The Bertz CT molecular complexity index is 414. The van der Waals surface area contributed by atoms with Gasteiger partial charge in [0.15, 0.2) is 0 Å². The number of benzene rings is 1. The van der Waals surface area contributed by atoms with E-state index < -0.39 is 0 Å². The van der Waals surface area contributed by atoms with Gasteiger partial charge in [0.25, 0.3) is 0 Å². The van der Waals surface area contributed by atoms with Crippen molar-refractivity contribution in [3.63, 3.8) is 0 Å². The lowest BCUT2D eigenvalue weighted by Gasteiger charge is -2.24. The van der Waals surface area contributed by atoms with Crippen LogP contribution in [0.2, 0.25) is 0 Å². The molecule has 1 aromatic rings. The SMILES string of the molecule is CN(CCOc1ccccc1)CC(=O)N1CCCCCC1.